The smallest absolute Gasteiger partial charge is 0.224 e. The highest BCUT2D eigenvalue weighted by atomic mass is 15.3. The molecule has 0 aliphatic rings. The lowest BCUT2D eigenvalue weighted by atomic mass is 10.4. The second-order valence-corrected chi connectivity index (χ2v) is 3.72. The molecule has 0 fully saturated rings. The summed E-state index contributed by atoms with van der Waals surface area (Å²) in [4.78, 5) is 19.2. The Morgan fingerprint density at radius 1 is 1.39 bits per heavy atom. The van der Waals surface area contributed by atoms with Gasteiger partial charge < -0.3 is 16.0 Å². The summed E-state index contributed by atoms with van der Waals surface area (Å²) in [5.41, 5.74) is 6.84. The molecule has 9 heteroatoms. The van der Waals surface area contributed by atoms with Crippen LogP contribution in [0.1, 0.15) is 5.82 Å². The van der Waals surface area contributed by atoms with Crippen LogP contribution in [0.4, 0.5) is 11.8 Å². The maximum absolute atomic E-state index is 5.61. The summed E-state index contributed by atoms with van der Waals surface area (Å²) in [6.07, 6.45) is 3.18. The normalized spacial score (nSPS) is 10.9. The topological polar surface area (TPSA) is 123 Å². The van der Waals surface area contributed by atoms with E-state index in [1.807, 2.05) is 7.05 Å². The van der Waals surface area contributed by atoms with Crippen molar-refractivity contribution in [3.05, 3.63) is 18.5 Å². The SMILES string of the molecule is Cn1cnc(CNc2nc(N)nc3nc[nH]c23)n1. The first-order chi connectivity index (χ1) is 8.72. The molecule has 4 N–H and O–H groups in total. The van der Waals surface area contributed by atoms with Crippen molar-refractivity contribution in [1.29, 1.82) is 0 Å². The van der Waals surface area contributed by atoms with Gasteiger partial charge in [-0.15, -0.1) is 0 Å². The van der Waals surface area contributed by atoms with E-state index in [2.05, 4.69) is 35.3 Å². The van der Waals surface area contributed by atoms with Gasteiger partial charge in [0.05, 0.1) is 12.9 Å². The average Bonchev–Trinajstić information content (AvgIpc) is 2.94. The lowest BCUT2D eigenvalue weighted by Crippen LogP contribution is -2.06. The van der Waals surface area contributed by atoms with Gasteiger partial charge in [-0.05, 0) is 0 Å². The second kappa shape index (κ2) is 3.95. The second-order valence-electron chi connectivity index (χ2n) is 3.72. The van der Waals surface area contributed by atoms with E-state index in [0.29, 0.717) is 29.4 Å². The van der Waals surface area contributed by atoms with Crippen molar-refractivity contribution >= 4 is 22.9 Å². The van der Waals surface area contributed by atoms with Gasteiger partial charge in [0.25, 0.3) is 0 Å². The van der Waals surface area contributed by atoms with Gasteiger partial charge in [-0.3, -0.25) is 4.68 Å². The number of imidazole rings is 1. The standard InChI is InChI=1S/C9H11N9/c1-18-4-14-5(17-18)2-11-7-6-8(13-3-12-6)16-9(10)15-7/h3-4H,2H2,1H3,(H4,10,11,12,13,15,16). The number of nitrogen functional groups attached to an aromatic ring is 1. The molecule has 3 heterocycles. The Morgan fingerprint density at radius 3 is 3.06 bits per heavy atom. The number of hydrogen-bond donors (Lipinski definition) is 3. The van der Waals surface area contributed by atoms with E-state index in [9.17, 15) is 0 Å². The summed E-state index contributed by atoms with van der Waals surface area (Å²) < 4.78 is 1.64. The number of H-pyrrole nitrogens is 1. The van der Waals surface area contributed by atoms with Gasteiger partial charge in [0, 0.05) is 7.05 Å². The molecule has 0 saturated carbocycles. The van der Waals surface area contributed by atoms with Gasteiger partial charge >= 0.3 is 0 Å². The third-order valence-corrected chi connectivity index (χ3v) is 2.36. The number of aromatic amines is 1. The molecule has 0 aromatic carbocycles. The Morgan fingerprint density at radius 2 is 2.28 bits per heavy atom. The molecule has 3 rings (SSSR count). The summed E-state index contributed by atoms with van der Waals surface area (Å²) >= 11 is 0. The molecule has 0 unspecified atom stereocenters. The fraction of sp³-hybridized carbons (Fsp3) is 0.222. The Bertz CT molecular complexity index is 682. The number of anilines is 2. The third-order valence-electron chi connectivity index (χ3n) is 2.36. The van der Waals surface area contributed by atoms with Gasteiger partial charge in [0.2, 0.25) is 5.95 Å². The minimum Gasteiger partial charge on any atom is -0.368 e. The molecule has 0 atom stereocenters. The predicted octanol–water partition coefficient (Wildman–Crippen LogP) is -0.324. The number of aryl methyl sites for hydroxylation is 1. The molecule has 3 aromatic heterocycles. The van der Waals surface area contributed by atoms with E-state index in [1.54, 1.807) is 17.3 Å². The Balaban J connectivity index is 1.87. The van der Waals surface area contributed by atoms with Crippen LogP contribution < -0.4 is 11.1 Å². The van der Waals surface area contributed by atoms with Crippen molar-refractivity contribution in [2.45, 2.75) is 6.54 Å². The summed E-state index contributed by atoms with van der Waals surface area (Å²) in [5, 5.41) is 7.26. The van der Waals surface area contributed by atoms with Gasteiger partial charge in [0.15, 0.2) is 17.3 Å². The van der Waals surface area contributed by atoms with Gasteiger partial charge in [-0.25, -0.2) is 9.97 Å². The quantitative estimate of drug-likeness (QED) is 0.577. The first-order valence-electron chi connectivity index (χ1n) is 5.27. The summed E-state index contributed by atoms with van der Waals surface area (Å²) in [5.74, 6) is 1.43. The molecule has 0 bridgehead atoms. The molecule has 92 valence electrons. The molecule has 0 amide bonds. The highest BCUT2D eigenvalue weighted by Gasteiger charge is 2.08. The highest BCUT2D eigenvalue weighted by molar-refractivity contribution is 5.83. The summed E-state index contributed by atoms with van der Waals surface area (Å²) in [6, 6.07) is 0. The van der Waals surface area contributed by atoms with Crippen molar-refractivity contribution in [3.63, 3.8) is 0 Å². The van der Waals surface area contributed by atoms with Gasteiger partial charge in [0.1, 0.15) is 11.8 Å². The van der Waals surface area contributed by atoms with Gasteiger partial charge in [-0.1, -0.05) is 0 Å². The Kier molecular flexibility index (Phi) is 2.29. The minimum absolute atomic E-state index is 0.172. The highest BCUT2D eigenvalue weighted by Crippen LogP contribution is 2.17. The van der Waals surface area contributed by atoms with Crippen LogP contribution in [-0.4, -0.2) is 34.7 Å². The lowest BCUT2D eigenvalue weighted by Gasteiger charge is -2.04. The van der Waals surface area contributed by atoms with Crippen molar-refractivity contribution in [1.82, 2.24) is 34.7 Å². The Hall–Kier alpha value is -2.71. The van der Waals surface area contributed by atoms with Crippen LogP contribution in [0, 0.1) is 0 Å². The van der Waals surface area contributed by atoms with Crippen LogP contribution in [0.15, 0.2) is 12.7 Å². The van der Waals surface area contributed by atoms with E-state index in [0.717, 1.165) is 0 Å². The van der Waals surface area contributed by atoms with Crippen LogP contribution in [0.5, 0.6) is 0 Å². The molecule has 0 radical (unpaired) electrons. The van der Waals surface area contributed by atoms with E-state index in [4.69, 9.17) is 5.73 Å². The number of hydrogen-bond acceptors (Lipinski definition) is 7. The van der Waals surface area contributed by atoms with Crippen molar-refractivity contribution in [3.8, 4) is 0 Å². The van der Waals surface area contributed by atoms with Crippen LogP contribution in [0.25, 0.3) is 11.2 Å². The molecule has 0 aliphatic heterocycles. The molecular formula is C9H11N9. The molecule has 3 aromatic rings. The number of nitrogens with two attached hydrogens (primary N) is 1. The largest absolute Gasteiger partial charge is 0.368 e. The minimum atomic E-state index is 0.172. The van der Waals surface area contributed by atoms with Crippen molar-refractivity contribution < 1.29 is 0 Å². The van der Waals surface area contributed by atoms with Crippen LogP contribution in [-0.2, 0) is 13.6 Å². The first kappa shape index (κ1) is 10.4. The van der Waals surface area contributed by atoms with Crippen molar-refractivity contribution in [2.24, 2.45) is 7.05 Å². The third kappa shape index (κ3) is 1.81. The maximum Gasteiger partial charge on any atom is 0.224 e. The number of nitrogens with zero attached hydrogens (tertiary/aromatic N) is 6. The molecule has 0 spiro atoms. The van der Waals surface area contributed by atoms with E-state index in [1.165, 1.54) is 0 Å². The molecule has 0 aliphatic carbocycles. The number of aromatic nitrogens is 7. The van der Waals surface area contributed by atoms with Crippen molar-refractivity contribution in [2.75, 3.05) is 11.1 Å². The zero-order valence-electron chi connectivity index (χ0n) is 9.62. The fourth-order valence-electron chi connectivity index (χ4n) is 1.61. The van der Waals surface area contributed by atoms with E-state index >= 15 is 0 Å². The first-order valence-corrected chi connectivity index (χ1v) is 5.27. The van der Waals surface area contributed by atoms with Crippen LogP contribution >= 0.6 is 0 Å². The van der Waals surface area contributed by atoms with Crippen LogP contribution in [0.2, 0.25) is 0 Å². The molecule has 9 nitrogen and oxygen atoms in total. The number of rotatable bonds is 3. The monoisotopic (exact) mass is 245 g/mol. The zero-order valence-corrected chi connectivity index (χ0v) is 9.62. The number of fused-ring (bicyclic) bond motifs is 1. The average molecular weight is 245 g/mol. The van der Waals surface area contributed by atoms with E-state index < -0.39 is 0 Å². The molecule has 18 heavy (non-hydrogen) atoms. The summed E-state index contributed by atoms with van der Waals surface area (Å²) in [6.45, 7) is 0.450. The summed E-state index contributed by atoms with van der Waals surface area (Å²) in [7, 11) is 1.81. The maximum atomic E-state index is 5.61. The fourth-order valence-corrected chi connectivity index (χ4v) is 1.61. The van der Waals surface area contributed by atoms with E-state index in [-0.39, 0.29) is 5.95 Å². The molecule has 0 saturated heterocycles. The van der Waals surface area contributed by atoms with Crippen LogP contribution in [0.3, 0.4) is 0 Å². The Labute approximate surface area is 101 Å². The lowest BCUT2D eigenvalue weighted by molar-refractivity contribution is 0.747. The van der Waals surface area contributed by atoms with Gasteiger partial charge in [-0.2, -0.15) is 15.1 Å². The number of nitrogens with one attached hydrogen (secondary N) is 2. The molecular weight excluding hydrogens is 234 g/mol. The zero-order chi connectivity index (χ0) is 12.5. The predicted molar refractivity (Wildman–Crippen MR) is 64.4 cm³/mol.